The molecule has 8 nitrogen and oxygen atoms in total. The molecule has 2 aliphatic rings. The number of H-pyrrole nitrogens is 1. The molecular weight excluding hydrogens is 414 g/mol. The number of hydrogen-bond acceptors (Lipinski definition) is 6. The Hall–Kier alpha value is -2.26. The number of benzene rings is 1. The van der Waals surface area contributed by atoms with Crippen LogP contribution in [0.5, 0.6) is 0 Å². The summed E-state index contributed by atoms with van der Waals surface area (Å²) >= 11 is 0. The number of hydrogen-bond donors (Lipinski definition) is 5. The van der Waals surface area contributed by atoms with Gasteiger partial charge in [0.2, 0.25) is 5.82 Å². The van der Waals surface area contributed by atoms with Crippen molar-refractivity contribution < 1.29 is 4.57 Å². The van der Waals surface area contributed by atoms with Crippen molar-refractivity contribution in [3.8, 4) is 0 Å². The van der Waals surface area contributed by atoms with Gasteiger partial charge in [0.1, 0.15) is 0 Å². The third-order valence-electron chi connectivity index (χ3n) is 6.85. The van der Waals surface area contributed by atoms with Crippen LogP contribution in [0.3, 0.4) is 0 Å². The first-order valence-electron chi connectivity index (χ1n) is 12.6. The predicted octanol–water partition coefficient (Wildman–Crippen LogP) is 1.45. The molecule has 0 bridgehead atoms. The molecule has 2 fully saturated rings. The SMILES string of the molecule is NC1CCN(CCCC[n+]2ccc(Nc3ccc(CNC4CCNCC4)cc3)[nH]c2=O)CC1. The number of aromatic nitrogens is 2. The third-order valence-corrected chi connectivity index (χ3v) is 6.85. The summed E-state index contributed by atoms with van der Waals surface area (Å²) in [5.74, 6) is 0.710. The van der Waals surface area contributed by atoms with E-state index in [0.29, 0.717) is 17.9 Å². The molecule has 0 aliphatic carbocycles. The second kappa shape index (κ2) is 12.3. The second-order valence-electron chi connectivity index (χ2n) is 9.47. The summed E-state index contributed by atoms with van der Waals surface area (Å²) in [7, 11) is 0. The number of likely N-dealkylation sites (tertiary alicyclic amines) is 1. The van der Waals surface area contributed by atoms with Gasteiger partial charge in [0, 0.05) is 30.4 Å². The minimum Gasteiger partial charge on any atom is -0.328 e. The van der Waals surface area contributed by atoms with Gasteiger partial charge in [-0.25, -0.2) is 0 Å². The molecule has 4 rings (SSSR count). The highest BCUT2D eigenvalue weighted by molar-refractivity contribution is 5.55. The van der Waals surface area contributed by atoms with Crippen LogP contribution in [-0.2, 0) is 13.1 Å². The first-order valence-corrected chi connectivity index (χ1v) is 12.6. The van der Waals surface area contributed by atoms with Crippen molar-refractivity contribution in [1.29, 1.82) is 0 Å². The van der Waals surface area contributed by atoms with E-state index in [2.05, 4.69) is 50.1 Å². The van der Waals surface area contributed by atoms with E-state index in [4.69, 9.17) is 5.73 Å². The number of nitrogens with zero attached hydrogens (tertiary/aromatic N) is 2. The van der Waals surface area contributed by atoms with Crippen molar-refractivity contribution >= 4 is 11.5 Å². The smallest absolute Gasteiger partial charge is 0.328 e. The number of rotatable bonds is 10. The van der Waals surface area contributed by atoms with E-state index in [1.807, 2.05) is 12.3 Å². The molecule has 2 aromatic rings. The zero-order valence-electron chi connectivity index (χ0n) is 19.7. The molecule has 3 heterocycles. The van der Waals surface area contributed by atoms with E-state index in [0.717, 1.165) is 77.2 Å². The van der Waals surface area contributed by atoms with Gasteiger partial charge in [-0.3, -0.25) is 0 Å². The molecule has 8 heteroatoms. The largest absolute Gasteiger partial charge is 0.497 e. The molecule has 2 aliphatic heterocycles. The van der Waals surface area contributed by atoms with Crippen molar-refractivity contribution in [2.75, 3.05) is 38.0 Å². The lowest BCUT2D eigenvalue weighted by atomic mass is 10.1. The lowest BCUT2D eigenvalue weighted by molar-refractivity contribution is -0.714. The minimum atomic E-state index is -0.0771. The van der Waals surface area contributed by atoms with Gasteiger partial charge in [0.05, 0.1) is 12.7 Å². The van der Waals surface area contributed by atoms with Crippen LogP contribution in [0.1, 0.15) is 44.1 Å². The minimum absolute atomic E-state index is 0.0771. The number of aryl methyl sites for hydroxylation is 1. The average molecular weight is 455 g/mol. The zero-order valence-corrected chi connectivity index (χ0v) is 19.7. The van der Waals surface area contributed by atoms with E-state index in [1.165, 1.54) is 18.4 Å². The zero-order chi connectivity index (χ0) is 22.9. The maximum atomic E-state index is 12.5. The Morgan fingerprint density at radius 3 is 2.52 bits per heavy atom. The van der Waals surface area contributed by atoms with Crippen LogP contribution in [0.2, 0.25) is 0 Å². The van der Waals surface area contributed by atoms with Gasteiger partial charge in [-0.15, -0.1) is 0 Å². The number of aromatic amines is 1. The van der Waals surface area contributed by atoms with Gasteiger partial charge < -0.3 is 26.6 Å². The Bertz CT molecular complexity index is 900. The van der Waals surface area contributed by atoms with Crippen LogP contribution < -0.4 is 31.9 Å². The van der Waals surface area contributed by atoms with Gasteiger partial charge in [0.15, 0.2) is 0 Å². The fourth-order valence-corrected chi connectivity index (χ4v) is 4.65. The van der Waals surface area contributed by atoms with E-state index in [1.54, 1.807) is 4.57 Å². The molecule has 0 atom stereocenters. The Kier molecular flexibility index (Phi) is 8.88. The van der Waals surface area contributed by atoms with Crippen molar-refractivity contribution in [3.05, 3.63) is 52.6 Å². The Labute approximate surface area is 197 Å². The molecule has 180 valence electrons. The monoisotopic (exact) mass is 454 g/mol. The average Bonchev–Trinajstić information content (AvgIpc) is 2.84. The van der Waals surface area contributed by atoms with Crippen LogP contribution in [0, 0.1) is 0 Å². The summed E-state index contributed by atoms with van der Waals surface area (Å²) in [4.78, 5) is 17.9. The summed E-state index contributed by atoms with van der Waals surface area (Å²) < 4.78 is 1.76. The molecule has 0 spiro atoms. The maximum absolute atomic E-state index is 12.5. The molecule has 0 amide bonds. The molecule has 0 saturated carbocycles. The number of piperidine rings is 2. The van der Waals surface area contributed by atoms with Crippen molar-refractivity contribution in [2.24, 2.45) is 5.73 Å². The first-order chi connectivity index (χ1) is 16.2. The van der Waals surface area contributed by atoms with Crippen LogP contribution in [-0.4, -0.2) is 54.7 Å². The quantitative estimate of drug-likeness (QED) is 0.275. The van der Waals surface area contributed by atoms with E-state index >= 15 is 0 Å². The van der Waals surface area contributed by atoms with Crippen molar-refractivity contribution in [3.63, 3.8) is 0 Å². The number of nitrogens with two attached hydrogens (primary N) is 1. The first kappa shape index (κ1) is 23.9. The van der Waals surface area contributed by atoms with Gasteiger partial charge in [-0.2, -0.15) is 14.3 Å². The molecule has 2 saturated heterocycles. The van der Waals surface area contributed by atoms with Gasteiger partial charge >= 0.3 is 5.69 Å². The predicted molar refractivity (Wildman–Crippen MR) is 133 cm³/mol. The Morgan fingerprint density at radius 2 is 1.79 bits per heavy atom. The molecule has 0 radical (unpaired) electrons. The molecular formula is C25H40N7O+. The van der Waals surface area contributed by atoms with E-state index < -0.39 is 0 Å². The summed E-state index contributed by atoms with van der Waals surface area (Å²) in [6, 6.07) is 11.3. The fraction of sp³-hybridized carbons (Fsp3) is 0.600. The summed E-state index contributed by atoms with van der Waals surface area (Å²) in [6.07, 6.45) is 8.54. The lowest BCUT2D eigenvalue weighted by Crippen LogP contribution is -2.51. The van der Waals surface area contributed by atoms with Gasteiger partial charge in [0.25, 0.3) is 0 Å². The summed E-state index contributed by atoms with van der Waals surface area (Å²) in [6.45, 7) is 7.12. The van der Waals surface area contributed by atoms with Crippen molar-refractivity contribution in [1.82, 2.24) is 20.5 Å². The van der Waals surface area contributed by atoms with Crippen LogP contribution in [0.15, 0.2) is 41.3 Å². The molecule has 6 N–H and O–H groups in total. The third kappa shape index (κ3) is 7.64. The molecule has 1 aromatic heterocycles. The highest BCUT2D eigenvalue weighted by Crippen LogP contribution is 2.14. The fourth-order valence-electron chi connectivity index (χ4n) is 4.65. The second-order valence-corrected chi connectivity index (χ2v) is 9.47. The molecule has 1 aromatic carbocycles. The maximum Gasteiger partial charge on any atom is 0.497 e. The number of anilines is 2. The van der Waals surface area contributed by atoms with Crippen molar-refractivity contribution in [2.45, 2.75) is 63.7 Å². The number of nitrogens with one attached hydrogen (secondary N) is 4. The highest BCUT2D eigenvalue weighted by Gasteiger charge is 2.15. The van der Waals surface area contributed by atoms with E-state index in [9.17, 15) is 4.79 Å². The van der Waals surface area contributed by atoms with Crippen LogP contribution in [0.4, 0.5) is 11.5 Å². The number of unbranched alkanes of at least 4 members (excludes halogenated alkanes) is 1. The van der Waals surface area contributed by atoms with Gasteiger partial charge in [-0.1, -0.05) is 12.1 Å². The van der Waals surface area contributed by atoms with Crippen LogP contribution in [0.25, 0.3) is 0 Å². The molecule has 0 unspecified atom stereocenters. The normalized spacial score (nSPS) is 18.5. The Balaban J connectivity index is 1.19. The topological polar surface area (TPSA) is 102 Å². The highest BCUT2D eigenvalue weighted by atomic mass is 16.1. The van der Waals surface area contributed by atoms with Crippen LogP contribution >= 0.6 is 0 Å². The summed E-state index contributed by atoms with van der Waals surface area (Å²) in [5, 5.41) is 10.3. The molecule has 33 heavy (non-hydrogen) atoms. The summed E-state index contributed by atoms with van der Waals surface area (Å²) in [5.41, 5.74) is 8.13. The standard InChI is InChI=1S/C25H39N7O/c26-21-9-16-31(17-10-21)14-1-2-15-32-18-11-24(30-25(32)33)29-23-5-3-20(4-6-23)19-28-22-7-12-27-13-8-22/h3-6,11,18,21-22,27-28H,1-2,7-10,12-17,19,26H2,(H,29,30,33)/p+1. The Morgan fingerprint density at radius 1 is 1.03 bits per heavy atom. The van der Waals surface area contributed by atoms with Gasteiger partial charge in [-0.05, 0) is 88.9 Å². The lowest BCUT2D eigenvalue weighted by Gasteiger charge is -2.29. The van der Waals surface area contributed by atoms with E-state index in [-0.39, 0.29) is 5.69 Å².